The Hall–Kier alpha value is -1.42. The fourth-order valence-corrected chi connectivity index (χ4v) is 1.85. The second-order valence-electron chi connectivity index (χ2n) is 4.02. The van der Waals surface area contributed by atoms with Gasteiger partial charge in [-0.05, 0) is 43.7 Å². The van der Waals surface area contributed by atoms with E-state index in [-0.39, 0.29) is 17.8 Å². The van der Waals surface area contributed by atoms with Gasteiger partial charge in [-0.2, -0.15) is 0 Å². The van der Waals surface area contributed by atoms with E-state index < -0.39 is 0 Å². The summed E-state index contributed by atoms with van der Waals surface area (Å²) in [5.41, 5.74) is 0.506. The van der Waals surface area contributed by atoms with Gasteiger partial charge in [-0.3, -0.25) is 4.79 Å². The molecule has 1 aromatic rings. The van der Waals surface area contributed by atoms with Crippen molar-refractivity contribution < 1.29 is 9.18 Å². The van der Waals surface area contributed by atoms with E-state index in [1.807, 2.05) is 0 Å². The van der Waals surface area contributed by atoms with E-state index in [1.54, 1.807) is 0 Å². The van der Waals surface area contributed by atoms with Crippen LogP contribution in [0.1, 0.15) is 23.2 Å². The van der Waals surface area contributed by atoms with Crippen molar-refractivity contribution in [3.63, 3.8) is 0 Å². The molecule has 1 heterocycles. The number of rotatable bonds is 2. The minimum atomic E-state index is -0.323. The summed E-state index contributed by atoms with van der Waals surface area (Å²) >= 11 is 0. The molecule has 1 aromatic carbocycles. The third-order valence-corrected chi connectivity index (χ3v) is 2.74. The number of carbonyl (C=O) groups is 1. The van der Waals surface area contributed by atoms with Crippen LogP contribution in [0.25, 0.3) is 0 Å². The molecule has 1 saturated heterocycles. The number of amides is 1. The molecule has 1 aliphatic rings. The van der Waals surface area contributed by atoms with Crippen molar-refractivity contribution in [2.24, 2.45) is 0 Å². The zero-order chi connectivity index (χ0) is 11.4. The summed E-state index contributed by atoms with van der Waals surface area (Å²) < 4.78 is 12.7. The molecule has 2 rings (SSSR count). The zero-order valence-corrected chi connectivity index (χ0v) is 9.00. The van der Waals surface area contributed by atoms with Gasteiger partial charge in [0.05, 0.1) is 0 Å². The molecule has 1 atom stereocenters. The summed E-state index contributed by atoms with van der Waals surface area (Å²) in [4.78, 5) is 11.8. The van der Waals surface area contributed by atoms with Crippen molar-refractivity contribution in [2.45, 2.75) is 18.9 Å². The van der Waals surface area contributed by atoms with Gasteiger partial charge in [0.2, 0.25) is 0 Å². The monoisotopic (exact) mass is 222 g/mol. The van der Waals surface area contributed by atoms with E-state index in [9.17, 15) is 9.18 Å². The van der Waals surface area contributed by atoms with Crippen molar-refractivity contribution in [1.82, 2.24) is 10.6 Å². The molecule has 0 radical (unpaired) electrons. The Morgan fingerprint density at radius 1 is 1.38 bits per heavy atom. The second kappa shape index (κ2) is 5.07. The number of piperidine rings is 1. The minimum Gasteiger partial charge on any atom is -0.348 e. The summed E-state index contributed by atoms with van der Waals surface area (Å²) in [5.74, 6) is -0.454. The van der Waals surface area contributed by atoms with E-state index in [2.05, 4.69) is 10.6 Å². The van der Waals surface area contributed by atoms with Crippen LogP contribution in [0.5, 0.6) is 0 Å². The smallest absolute Gasteiger partial charge is 0.251 e. The normalized spacial score (nSPS) is 20.4. The Morgan fingerprint density at radius 2 is 2.12 bits per heavy atom. The van der Waals surface area contributed by atoms with Crippen molar-refractivity contribution in [2.75, 3.05) is 13.1 Å². The van der Waals surface area contributed by atoms with Crippen molar-refractivity contribution in [1.29, 1.82) is 0 Å². The van der Waals surface area contributed by atoms with E-state index in [1.165, 1.54) is 24.3 Å². The maximum atomic E-state index is 12.7. The van der Waals surface area contributed by atoms with E-state index in [4.69, 9.17) is 0 Å². The lowest BCUT2D eigenvalue weighted by molar-refractivity contribution is 0.0930. The Kier molecular flexibility index (Phi) is 3.51. The molecule has 86 valence electrons. The maximum Gasteiger partial charge on any atom is 0.251 e. The molecule has 1 unspecified atom stereocenters. The summed E-state index contributed by atoms with van der Waals surface area (Å²) in [6.07, 6.45) is 2.08. The highest BCUT2D eigenvalue weighted by Crippen LogP contribution is 2.05. The molecule has 0 spiro atoms. The quantitative estimate of drug-likeness (QED) is 0.792. The zero-order valence-electron chi connectivity index (χ0n) is 9.00. The number of hydrogen-bond acceptors (Lipinski definition) is 2. The van der Waals surface area contributed by atoms with Gasteiger partial charge in [-0.1, -0.05) is 0 Å². The van der Waals surface area contributed by atoms with Crippen LogP contribution in [0, 0.1) is 5.82 Å². The van der Waals surface area contributed by atoms with Crippen LogP contribution < -0.4 is 10.6 Å². The van der Waals surface area contributed by atoms with Gasteiger partial charge in [0, 0.05) is 18.2 Å². The van der Waals surface area contributed by atoms with Gasteiger partial charge in [0.15, 0.2) is 0 Å². The largest absolute Gasteiger partial charge is 0.348 e. The van der Waals surface area contributed by atoms with Crippen LogP contribution >= 0.6 is 0 Å². The molecule has 0 aliphatic carbocycles. The number of hydrogen-bond donors (Lipinski definition) is 2. The maximum absolute atomic E-state index is 12.7. The Balaban J connectivity index is 1.94. The van der Waals surface area contributed by atoms with Gasteiger partial charge >= 0.3 is 0 Å². The predicted octanol–water partition coefficient (Wildman–Crippen LogP) is 1.31. The van der Waals surface area contributed by atoms with E-state index >= 15 is 0 Å². The third kappa shape index (κ3) is 2.79. The lowest BCUT2D eigenvalue weighted by Gasteiger charge is -2.23. The topological polar surface area (TPSA) is 41.1 Å². The van der Waals surface area contributed by atoms with Crippen LogP contribution in [0.4, 0.5) is 4.39 Å². The minimum absolute atomic E-state index is 0.131. The van der Waals surface area contributed by atoms with Crippen molar-refractivity contribution >= 4 is 5.91 Å². The van der Waals surface area contributed by atoms with Crippen LogP contribution in [0.2, 0.25) is 0 Å². The molecule has 0 aromatic heterocycles. The fraction of sp³-hybridized carbons (Fsp3) is 0.417. The van der Waals surface area contributed by atoms with E-state index in [0.717, 1.165) is 25.9 Å². The van der Waals surface area contributed by atoms with Crippen LogP contribution in [0.15, 0.2) is 24.3 Å². The molecular weight excluding hydrogens is 207 g/mol. The average Bonchev–Trinajstić information content (AvgIpc) is 2.31. The van der Waals surface area contributed by atoms with Crippen molar-refractivity contribution in [3.05, 3.63) is 35.6 Å². The first-order chi connectivity index (χ1) is 7.75. The second-order valence-corrected chi connectivity index (χ2v) is 4.02. The number of benzene rings is 1. The Bertz CT molecular complexity index is 358. The first-order valence-corrected chi connectivity index (χ1v) is 5.53. The Labute approximate surface area is 94.0 Å². The van der Waals surface area contributed by atoms with Gasteiger partial charge in [-0.25, -0.2) is 4.39 Å². The highest BCUT2D eigenvalue weighted by molar-refractivity contribution is 5.94. The summed E-state index contributed by atoms with van der Waals surface area (Å²) in [6, 6.07) is 5.79. The third-order valence-electron chi connectivity index (χ3n) is 2.74. The molecule has 4 heteroatoms. The van der Waals surface area contributed by atoms with Crippen molar-refractivity contribution in [3.8, 4) is 0 Å². The molecule has 0 bridgehead atoms. The molecular formula is C12H15FN2O. The van der Waals surface area contributed by atoms with Gasteiger partial charge in [-0.15, -0.1) is 0 Å². The number of halogens is 1. The standard InChI is InChI=1S/C12H15FN2O/c13-10-5-3-9(4-6-10)12(16)15-11-2-1-7-14-8-11/h3-6,11,14H,1-2,7-8H2,(H,15,16). The molecule has 0 saturated carbocycles. The van der Waals surface area contributed by atoms with Gasteiger partial charge in [0.1, 0.15) is 5.82 Å². The summed E-state index contributed by atoms with van der Waals surface area (Å²) in [6.45, 7) is 1.83. The molecule has 1 fully saturated rings. The first kappa shape index (κ1) is 11.1. The molecule has 1 aliphatic heterocycles. The van der Waals surface area contributed by atoms with Crippen LogP contribution in [-0.2, 0) is 0 Å². The lowest BCUT2D eigenvalue weighted by atomic mass is 10.1. The number of nitrogens with one attached hydrogen (secondary N) is 2. The van der Waals surface area contributed by atoms with Crippen LogP contribution in [-0.4, -0.2) is 25.0 Å². The summed E-state index contributed by atoms with van der Waals surface area (Å²) in [5, 5.41) is 6.16. The van der Waals surface area contributed by atoms with Gasteiger partial charge < -0.3 is 10.6 Å². The molecule has 2 N–H and O–H groups in total. The SMILES string of the molecule is O=C(NC1CCCNC1)c1ccc(F)cc1. The van der Waals surface area contributed by atoms with Gasteiger partial charge in [0.25, 0.3) is 5.91 Å². The van der Waals surface area contributed by atoms with E-state index in [0.29, 0.717) is 5.56 Å². The molecule has 16 heavy (non-hydrogen) atoms. The number of carbonyl (C=O) groups excluding carboxylic acids is 1. The highest BCUT2D eigenvalue weighted by atomic mass is 19.1. The predicted molar refractivity (Wildman–Crippen MR) is 59.8 cm³/mol. The highest BCUT2D eigenvalue weighted by Gasteiger charge is 2.15. The summed E-state index contributed by atoms with van der Waals surface area (Å²) in [7, 11) is 0. The average molecular weight is 222 g/mol. The molecule has 1 amide bonds. The fourth-order valence-electron chi connectivity index (χ4n) is 1.85. The van der Waals surface area contributed by atoms with Crippen LogP contribution in [0.3, 0.4) is 0 Å². The first-order valence-electron chi connectivity index (χ1n) is 5.53. The lowest BCUT2D eigenvalue weighted by Crippen LogP contribution is -2.45. The Morgan fingerprint density at radius 3 is 2.75 bits per heavy atom. The molecule has 3 nitrogen and oxygen atoms in total.